The summed E-state index contributed by atoms with van der Waals surface area (Å²) in [6, 6.07) is 0. The minimum Gasteiger partial charge on any atom is -0.378 e. The van der Waals surface area contributed by atoms with Gasteiger partial charge in [-0.1, -0.05) is 6.92 Å². The van der Waals surface area contributed by atoms with Crippen molar-refractivity contribution in [3.63, 3.8) is 0 Å². The molecule has 0 saturated carbocycles. The van der Waals surface area contributed by atoms with E-state index in [2.05, 4.69) is 21.8 Å². The van der Waals surface area contributed by atoms with Crippen LogP contribution in [-0.4, -0.2) is 60.2 Å². The number of carbonyl (C=O) groups excluding carboxylic acids is 1. The van der Waals surface area contributed by atoms with Crippen LogP contribution in [0.15, 0.2) is 12.4 Å². The van der Waals surface area contributed by atoms with Gasteiger partial charge in [0.2, 0.25) is 5.95 Å². The van der Waals surface area contributed by atoms with Crippen LogP contribution < -0.4 is 4.90 Å². The molecule has 0 aliphatic carbocycles. The number of amides is 1. The third-order valence-electron chi connectivity index (χ3n) is 4.12. The summed E-state index contributed by atoms with van der Waals surface area (Å²) in [7, 11) is 0. The summed E-state index contributed by atoms with van der Waals surface area (Å²) >= 11 is 0. The van der Waals surface area contributed by atoms with Gasteiger partial charge in [0.25, 0.3) is 5.91 Å². The van der Waals surface area contributed by atoms with Crippen molar-refractivity contribution in [2.75, 3.05) is 44.3 Å². The molecule has 2 fully saturated rings. The first-order valence-electron chi connectivity index (χ1n) is 7.68. The van der Waals surface area contributed by atoms with Gasteiger partial charge in [-0.3, -0.25) is 4.79 Å². The van der Waals surface area contributed by atoms with Crippen LogP contribution in [-0.2, 0) is 4.74 Å². The Morgan fingerprint density at radius 1 is 1.24 bits per heavy atom. The predicted octanol–water partition coefficient (Wildman–Crippen LogP) is 1.19. The second-order valence-corrected chi connectivity index (χ2v) is 5.87. The SMILES string of the molecule is CC1CCCN(C(=O)c2cnc(N3CCOCC3)nc2)C1. The molecule has 0 bridgehead atoms. The van der Waals surface area contributed by atoms with E-state index in [1.807, 2.05) is 4.90 Å². The fourth-order valence-corrected chi connectivity index (χ4v) is 2.91. The minimum atomic E-state index is 0.0510. The van der Waals surface area contributed by atoms with Gasteiger partial charge in [0, 0.05) is 38.6 Å². The van der Waals surface area contributed by atoms with Crippen molar-refractivity contribution in [1.82, 2.24) is 14.9 Å². The summed E-state index contributed by atoms with van der Waals surface area (Å²) in [4.78, 5) is 25.1. The molecule has 3 rings (SSSR count). The molecule has 1 amide bonds. The van der Waals surface area contributed by atoms with Crippen molar-refractivity contribution in [2.45, 2.75) is 19.8 Å². The third kappa shape index (κ3) is 3.32. The van der Waals surface area contributed by atoms with Crippen LogP contribution in [0.3, 0.4) is 0 Å². The van der Waals surface area contributed by atoms with Crippen molar-refractivity contribution in [2.24, 2.45) is 5.92 Å². The van der Waals surface area contributed by atoms with E-state index >= 15 is 0 Å². The summed E-state index contributed by atoms with van der Waals surface area (Å²) in [5.41, 5.74) is 0.584. The van der Waals surface area contributed by atoms with Crippen molar-refractivity contribution in [3.8, 4) is 0 Å². The Balaban J connectivity index is 1.67. The second kappa shape index (κ2) is 6.39. The molecule has 6 nitrogen and oxygen atoms in total. The van der Waals surface area contributed by atoms with Gasteiger partial charge in [-0.05, 0) is 18.8 Å². The molecule has 2 aliphatic heterocycles. The van der Waals surface area contributed by atoms with Gasteiger partial charge < -0.3 is 14.5 Å². The van der Waals surface area contributed by atoms with E-state index in [0.717, 1.165) is 32.6 Å². The Morgan fingerprint density at radius 2 is 1.95 bits per heavy atom. The number of aromatic nitrogens is 2. The molecular weight excluding hydrogens is 268 g/mol. The molecular formula is C15H22N4O2. The Kier molecular flexibility index (Phi) is 4.34. The van der Waals surface area contributed by atoms with Crippen molar-refractivity contribution >= 4 is 11.9 Å². The Labute approximate surface area is 125 Å². The average molecular weight is 290 g/mol. The molecule has 21 heavy (non-hydrogen) atoms. The van der Waals surface area contributed by atoms with E-state index in [1.165, 1.54) is 6.42 Å². The monoisotopic (exact) mass is 290 g/mol. The van der Waals surface area contributed by atoms with Crippen LogP contribution in [0.1, 0.15) is 30.1 Å². The average Bonchev–Trinajstić information content (AvgIpc) is 2.55. The number of hydrogen-bond donors (Lipinski definition) is 0. The molecule has 3 heterocycles. The highest BCUT2D eigenvalue weighted by Gasteiger charge is 2.23. The molecule has 114 valence electrons. The zero-order chi connectivity index (χ0) is 14.7. The van der Waals surface area contributed by atoms with E-state index < -0.39 is 0 Å². The maximum Gasteiger partial charge on any atom is 0.257 e. The molecule has 1 aromatic rings. The number of ether oxygens (including phenoxy) is 1. The molecule has 0 radical (unpaired) electrons. The van der Waals surface area contributed by atoms with Gasteiger partial charge in [-0.15, -0.1) is 0 Å². The maximum atomic E-state index is 12.4. The van der Waals surface area contributed by atoms with Crippen molar-refractivity contribution < 1.29 is 9.53 Å². The smallest absolute Gasteiger partial charge is 0.257 e. The van der Waals surface area contributed by atoms with Crippen LogP contribution >= 0.6 is 0 Å². The number of nitrogens with zero attached hydrogens (tertiary/aromatic N) is 4. The standard InChI is InChI=1S/C15H22N4O2/c1-12-3-2-4-19(11-12)14(20)13-9-16-15(17-10-13)18-5-7-21-8-6-18/h9-10,12H,2-8,11H2,1H3. The number of likely N-dealkylation sites (tertiary alicyclic amines) is 1. The van der Waals surface area contributed by atoms with Crippen LogP contribution in [0.2, 0.25) is 0 Å². The molecule has 0 N–H and O–H groups in total. The first kappa shape index (κ1) is 14.3. The lowest BCUT2D eigenvalue weighted by molar-refractivity contribution is 0.0682. The lowest BCUT2D eigenvalue weighted by atomic mass is 10.00. The number of carbonyl (C=O) groups is 1. The predicted molar refractivity (Wildman–Crippen MR) is 79.4 cm³/mol. The quantitative estimate of drug-likeness (QED) is 0.819. The van der Waals surface area contributed by atoms with Crippen LogP contribution in [0.4, 0.5) is 5.95 Å². The van der Waals surface area contributed by atoms with Gasteiger partial charge in [0.05, 0.1) is 18.8 Å². The van der Waals surface area contributed by atoms with Gasteiger partial charge in [0.1, 0.15) is 0 Å². The van der Waals surface area contributed by atoms with E-state index in [-0.39, 0.29) is 5.91 Å². The first-order chi connectivity index (χ1) is 10.2. The highest BCUT2D eigenvalue weighted by molar-refractivity contribution is 5.93. The Bertz CT molecular complexity index is 485. The van der Waals surface area contributed by atoms with Crippen LogP contribution in [0, 0.1) is 5.92 Å². The topological polar surface area (TPSA) is 58.6 Å². The number of anilines is 1. The molecule has 1 atom stereocenters. The van der Waals surface area contributed by atoms with E-state index in [1.54, 1.807) is 12.4 Å². The zero-order valence-electron chi connectivity index (χ0n) is 12.5. The third-order valence-corrected chi connectivity index (χ3v) is 4.12. The molecule has 0 spiro atoms. The highest BCUT2D eigenvalue weighted by atomic mass is 16.5. The van der Waals surface area contributed by atoms with Crippen LogP contribution in [0.25, 0.3) is 0 Å². The maximum absolute atomic E-state index is 12.4. The highest BCUT2D eigenvalue weighted by Crippen LogP contribution is 2.18. The first-order valence-corrected chi connectivity index (χ1v) is 7.68. The van der Waals surface area contributed by atoms with E-state index in [4.69, 9.17) is 4.74 Å². The molecule has 6 heteroatoms. The van der Waals surface area contributed by atoms with Gasteiger partial charge in [-0.2, -0.15) is 0 Å². The Hall–Kier alpha value is -1.69. The molecule has 2 saturated heterocycles. The Morgan fingerprint density at radius 3 is 2.62 bits per heavy atom. The molecule has 2 aliphatic rings. The fourth-order valence-electron chi connectivity index (χ4n) is 2.91. The lowest BCUT2D eigenvalue weighted by Gasteiger charge is -2.31. The lowest BCUT2D eigenvalue weighted by Crippen LogP contribution is -2.39. The largest absolute Gasteiger partial charge is 0.378 e. The summed E-state index contributed by atoms with van der Waals surface area (Å²) < 4.78 is 5.31. The molecule has 1 unspecified atom stereocenters. The molecule has 0 aromatic carbocycles. The van der Waals surface area contributed by atoms with Gasteiger partial charge in [0.15, 0.2) is 0 Å². The second-order valence-electron chi connectivity index (χ2n) is 5.87. The van der Waals surface area contributed by atoms with Gasteiger partial charge in [-0.25, -0.2) is 9.97 Å². The fraction of sp³-hybridized carbons (Fsp3) is 0.667. The molecule has 1 aromatic heterocycles. The number of hydrogen-bond acceptors (Lipinski definition) is 5. The van der Waals surface area contributed by atoms with Gasteiger partial charge >= 0.3 is 0 Å². The summed E-state index contributed by atoms with van der Waals surface area (Å²) in [6.45, 7) is 6.88. The van der Waals surface area contributed by atoms with Crippen LogP contribution in [0.5, 0.6) is 0 Å². The number of morpholine rings is 1. The van der Waals surface area contributed by atoms with E-state index in [9.17, 15) is 4.79 Å². The normalized spacial score (nSPS) is 23.2. The minimum absolute atomic E-state index is 0.0510. The van der Waals surface area contributed by atoms with Crippen molar-refractivity contribution in [1.29, 1.82) is 0 Å². The number of piperidine rings is 1. The van der Waals surface area contributed by atoms with E-state index in [0.29, 0.717) is 30.6 Å². The summed E-state index contributed by atoms with van der Waals surface area (Å²) in [6.07, 6.45) is 5.59. The van der Waals surface area contributed by atoms with Crippen molar-refractivity contribution in [3.05, 3.63) is 18.0 Å². The number of rotatable bonds is 2. The zero-order valence-corrected chi connectivity index (χ0v) is 12.5. The summed E-state index contributed by atoms with van der Waals surface area (Å²) in [5, 5.41) is 0. The summed E-state index contributed by atoms with van der Waals surface area (Å²) in [5.74, 6) is 1.31.